The number of piperidine rings is 2. The highest BCUT2D eigenvalue weighted by Gasteiger charge is 2.49. The van der Waals surface area contributed by atoms with Crippen LogP contribution in [0.2, 0.25) is 0 Å². The summed E-state index contributed by atoms with van der Waals surface area (Å²) < 4.78 is 6.07. The van der Waals surface area contributed by atoms with Crippen LogP contribution in [-0.2, 0) is 27.6 Å². The van der Waals surface area contributed by atoms with Crippen LogP contribution in [0.15, 0.2) is 84.9 Å². The van der Waals surface area contributed by atoms with Gasteiger partial charge in [0.15, 0.2) is 5.78 Å². The predicted octanol–water partition coefficient (Wildman–Crippen LogP) is 8.58. The van der Waals surface area contributed by atoms with Gasteiger partial charge in [-0.15, -0.1) is 0 Å². The largest absolute Gasteiger partial charge is 0.459 e. The molecule has 2 aliphatic rings. The minimum Gasteiger partial charge on any atom is -0.459 e. The number of esters is 1. The normalized spacial score (nSPS) is 21.3. The number of hydrogen-bond donors (Lipinski definition) is 0. The van der Waals surface area contributed by atoms with Crippen molar-refractivity contribution in [3.8, 4) is 0 Å². The van der Waals surface area contributed by atoms with E-state index in [0.29, 0.717) is 50.0 Å². The van der Waals surface area contributed by atoms with E-state index >= 15 is 0 Å². The van der Waals surface area contributed by atoms with E-state index in [1.807, 2.05) is 36.4 Å². The first-order valence-electron chi connectivity index (χ1n) is 16.9. The number of ether oxygens (including phenoxy) is 1. The average Bonchev–Trinajstić information content (AvgIpc) is 2.99. The highest BCUT2D eigenvalue weighted by atomic mass is 16.7. The van der Waals surface area contributed by atoms with Crippen molar-refractivity contribution >= 4 is 11.8 Å². The van der Waals surface area contributed by atoms with Crippen molar-refractivity contribution < 1.29 is 24.0 Å². The maximum atomic E-state index is 13.8. The van der Waals surface area contributed by atoms with Gasteiger partial charge in [0.2, 0.25) is 0 Å². The number of ketones is 1. The maximum Gasteiger partial charge on any atom is 0.338 e. The third-order valence-electron chi connectivity index (χ3n) is 9.60. The molecule has 0 aromatic heterocycles. The molecule has 2 aliphatic heterocycles. The van der Waals surface area contributed by atoms with Gasteiger partial charge in [0.05, 0.1) is 18.8 Å². The number of benzene rings is 3. The van der Waals surface area contributed by atoms with Crippen molar-refractivity contribution in [1.82, 2.24) is 10.1 Å². The Morgan fingerprint density at radius 3 is 1.38 bits per heavy atom. The summed E-state index contributed by atoms with van der Waals surface area (Å²) in [5.74, 6) is -0.432. The lowest BCUT2D eigenvalue weighted by atomic mass is 9.72. The molecule has 0 N–H and O–H groups in total. The molecule has 0 unspecified atom stereocenters. The molecule has 3 aromatic carbocycles. The van der Waals surface area contributed by atoms with Crippen molar-refractivity contribution in [2.24, 2.45) is 5.92 Å². The molecule has 0 aliphatic carbocycles. The fourth-order valence-electron chi connectivity index (χ4n) is 8.06. The molecule has 0 atom stereocenters. The number of hydrogen-bond acceptors (Lipinski definition) is 7. The summed E-state index contributed by atoms with van der Waals surface area (Å²) >= 11 is 0. The lowest BCUT2D eigenvalue weighted by molar-refractivity contribution is -0.298. The van der Waals surface area contributed by atoms with Crippen LogP contribution >= 0.6 is 0 Å². The summed E-state index contributed by atoms with van der Waals surface area (Å²) in [6.45, 7) is 18.0. The molecule has 7 nitrogen and oxygen atoms in total. The van der Waals surface area contributed by atoms with Gasteiger partial charge < -0.3 is 4.74 Å². The van der Waals surface area contributed by atoms with Gasteiger partial charge in [-0.3, -0.25) is 14.5 Å². The van der Waals surface area contributed by atoms with E-state index in [1.54, 1.807) is 24.3 Å². The predicted molar refractivity (Wildman–Crippen MR) is 184 cm³/mol. The first kappa shape index (κ1) is 35.0. The Morgan fingerprint density at radius 2 is 0.957 bits per heavy atom. The number of rotatable bonds is 10. The molecule has 3 aromatic rings. The third-order valence-corrected chi connectivity index (χ3v) is 9.60. The van der Waals surface area contributed by atoms with Gasteiger partial charge >= 0.3 is 5.97 Å². The number of Topliss-reactive ketones (excluding diaryl/α,β-unsaturated/α-hetero) is 1. The minimum atomic E-state index is -0.370. The van der Waals surface area contributed by atoms with Crippen LogP contribution in [0.5, 0.6) is 0 Å². The molecule has 252 valence electrons. The molecule has 2 heterocycles. The van der Waals surface area contributed by atoms with Crippen molar-refractivity contribution in [2.45, 2.75) is 123 Å². The van der Waals surface area contributed by atoms with E-state index in [2.05, 4.69) is 89.8 Å². The smallest absolute Gasteiger partial charge is 0.338 e. The second kappa shape index (κ2) is 13.6. The van der Waals surface area contributed by atoms with E-state index in [4.69, 9.17) is 14.4 Å². The van der Waals surface area contributed by atoms with Gasteiger partial charge in [-0.1, -0.05) is 72.8 Å². The van der Waals surface area contributed by atoms with E-state index in [1.165, 1.54) is 0 Å². The lowest BCUT2D eigenvalue weighted by Gasteiger charge is -2.53. The monoisotopic (exact) mass is 640 g/mol. The molecule has 0 amide bonds. The zero-order valence-electron chi connectivity index (χ0n) is 29.4. The minimum absolute atomic E-state index is 0.0974. The van der Waals surface area contributed by atoms with Crippen LogP contribution in [0.1, 0.15) is 113 Å². The van der Waals surface area contributed by atoms with Crippen LogP contribution < -0.4 is 0 Å². The fourth-order valence-corrected chi connectivity index (χ4v) is 8.06. The Hall–Kier alpha value is -3.36. The van der Waals surface area contributed by atoms with Gasteiger partial charge in [0, 0.05) is 46.5 Å². The van der Waals surface area contributed by atoms with Gasteiger partial charge in [0.1, 0.15) is 6.10 Å². The van der Waals surface area contributed by atoms with E-state index < -0.39 is 0 Å². The Bertz CT molecular complexity index is 1480. The summed E-state index contributed by atoms with van der Waals surface area (Å²) in [4.78, 5) is 39.8. The molecular formula is C40H52N2O5. The maximum absolute atomic E-state index is 13.8. The topological polar surface area (TPSA) is 68.3 Å². The zero-order valence-corrected chi connectivity index (χ0v) is 29.4. The third kappa shape index (κ3) is 8.21. The van der Waals surface area contributed by atoms with Gasteiger partial charge in [-0.2, -0.15) is 10.1 Å². The van der Waals surface area contributed by atoms with Crippen LogP contribution in [0.4, 0.5) is 0 Å². The molecule has 7 heteroatoms. The molecule has 0 radical (unpaired) electrons. The van der Waals surface area contributed by atoms with E-state index in [9.17, 15) is 9.59 Å². The number of hydroxylamine groups is 4. The van der Waals surface area contributed by atoms with Crippen LogP contribution in [0.25, 0.3) is 0 Å². The second-order valence-corrected chi connectivity index (χ2v) is 15.8. The number of carbonyl (C=O) groups excluding carboxylic acids is 2. The Kier molecular flexibility index (Phi) is 10.1. The summed E-state index contributed by atoms with van der Waals surface area (Å²) in [6.07, 6.45) is 2.38. The Balaban J connectivity index is 1.19. The average molecular weight is 641 g/mol. The molecule has 0 spiro atoms. The quantitative estimate of drug-likeness (QED) is 0.162. The van der Waals surface area contributed by atoms with Crippen LogP contribution in [0, 0.1) is 5.92 Å². The van der Waals surface area contributed by atoms with Crippen molar-refractivity contribution in [3.63, 3.8) is 0 Å². The molecule has 2 fully saturated rings. The second-order valence-electron chi connectivity index (χ2n) is 15.8. The zero-order chi connectivity index (χ0) is 34.0. The molecule has 47 heavy (non-hydrogen) atoms. The van der Waals surface area contributed by atoms with Crippen molar-refractivity contribution in [1.29, 1.82) is 0 Å². The highest BCUT2D eigenvalue weighted by molar-refractivity contribution is 5.99. The lowest BCUT2D eigenvalue weighted by Crippen LogP contribution is -2.61. The van der Waals surface area contributed by atoms with Gasteiger partial charge in [-0.25, -0.2) is 4.79 Å². The first-order chi connectivity index (χ1) is 22.1. The van der Waals surface area contributed by atoms with Crippen LogP contribution in [0.3, 0.4) is 0 Å². The summed E-state index contributed by atoms with van der Waals surface area (Å²) in [5, 5.41) is 4.15. The van der Waals surface area contributed by atoms with Gasteiger partial charge in [-0.05, 0) is 91.5 Å². The molecule has 5 rings (SSSR count). The summed E-state index contributed by atoms with van der Waals surface area (Å²) in [5.41, 5.74) is 1.91. The standard InChI is InChI=1S/C40H52N2O5/c1-37(2)23-33(24-38(3,4)41(37)45-27-29-15-11-9-12-16-29)35(43)31-19-21-32(22-20-31)36(44)47-34-25-39(5,6)42(40(7,8)26-34)46-28-30-17-13-10-14-18-30/h9-22,33-34H,23-28H2,1-8H3. The Morgan fingerprint density at radius 1 is 0.574 bits per heavy atom. The van der Waals surface area contributed by atoms with Gasteiger partial charge in [0.25, 0.3) is 0 Å². The van der Waals surface area contributed by atoms with Crippen molar-refractivity contribution in [2.75, 3.05) is 0 Å². The molecule has 2 saturated heterocycles. The number of nitrogens with zero attached hydrogens (tertiary/aromatic N) is 2. The molecule has 0 bridgehead atoms. The van der Waals surface area contributed by atoms with E-state index in [0.717, 1.165) is 11.1 Å². The number of carbonyl (C=O) groups is 2. The molecular weight excluding hydrogens is 588 g/mol. The Labute approximate surface area is 281 Å². The SMILES string of the molecule is CC1(C)CC(OC(=O)c2ccc(C(=O)C3CC(C)(C)N(OCc4ccccc4)C(C)(C)C3)cc2)CC(C)(C)N1OCc1ccccc1. The van der Waals surface area contributed by atoms with Crippen LogP contribution in [-0.4, -0.2) is 50.1 Å². The van der Waals surface area contributed by atoms with E-state index in [-0.39, 0.29) is 45.9 Å². The molecule has 0 saturated carbocycles. The first-order valence-corrected chi connectivity index (χ1v) is 16.9. The fraction of sp³-hybridized carbons (Fsp3) is 0.500. The van der Waals surface area contributed by atoms with Crippen molar-refractivity contribution in [3.05, 3.63) is 107 Å². The summed E-state index contributed by atoms with van der Waals surface area (Å²) in [7, 11) is 0. The summed E-state index contributed by atoms with van der Waals surface area (Å²) in [6, 6.07) is 27.3. The highest BCUT2D eigenvalue weighted by Crippen LogP contribution is 2.43.